The van der Waals surface area contributed by atoms with Crippen molar-refractivity contribution in [1.82, 2.24) is 15.1 Å². The Labute approximate surface area is 169 Å². The van der Waals surface area contributed by atoms with Gasteiger partial charge < -0.3 is 15.1 Å². The molecular formula is C22H22FN5O. The molecule has 1 aromatic heterocycles. The first-order chi connectivity index (χ1) is 14.2. The molecule has 0 spiro atoms. The number of hydrogen-bond donors (Lipinski definition) is 1. The second kappa shape index (κ2) is 8.68. The number of carbonyl (C=O) groups excluding carboxylic acids is 1. The monoisotopic (exact) mass is 391 g/mol. The average molecular weight is 391 g/mol. The number of carbonyl (C=O) groups is 1. The number of halogens is 1. The molecule has 2 aromatic carbocycles. The van der Waals surface area contributed by atoms with Crippen LogP contribution in [0.5, 0.6) is 0 Å². The first kappa shape index (κ1) is 18.9. The summed E-state index contributed by atoms with van der Waals surface area (Å²) in [7, 11) is 0. The van der Waals surface area contributed by atoms with Gasteiger partial charge in [0.05, 0.1) is 0 Å². The maximum atomic E-state index is 13.0. The number of nitrogens with one attached hydrogen (secondary N) is 1. The number of amides is 1. The van der Waals surface area contributed by atoms with E-state index in [1.54, 1.807) is 4.90 Å². The first-order valence-corrected chi connectivity index (χ1v) is 9.60. The number of nitrogens with zero attached hydrogens (tertiary/aromatic N) is 4. The van der Waals surface area contributed by atoms with Crippen molar-refractivity contribution in [3.8, 4) is 0 Å². The Balaban J connectivity index is 1.30. The van der Waals surface area contributed by atoms with Crippen LogP contribution in [0.2, 0.25) is 0 Å². The van der Waals surface area contributed by atoms with Crippen LogP contribution in [0.1, 0.15) is 15.9 Å². The van der Waals surface area contributed by atoms with Crippen LogP contribution in [-0.2, 0) is 6.54 Å². The molecule has 4 rings (SSSR count). The van der Waals surface area contributed by atoms with Crippen LogP contribution < -0.4 is 10.2 Å². The zero-order valence-corrected chi connectivity index (χ0v) is 16.0. The third kappa shape index (κ3) is 4.68. The van der Waals surface area contributed by atoms with E-state index in [4.69, 9.17) is 0 Å². The van der Waals surface area contributed by atoms with Crippen LogP contribution in [0.15, 0.2) is 66.7 Å². The van der Waals surface area contributed by atoms with Crippen LogP contribution in [0, 0.1) is 5.82 Å². The van der Waals surface area contributed by atoms with Gasteiger partial charge in [-0.1, -0.05) is 30.3 Å². The summed E-state index contributed by atoms with van der Waals surface area (Å²) in [6.45, 7) is 3.23. The normalized spacial score (nSPS) is 14.0. The Morgan fingerprint density at radius 2 is 1.62 bits per heavy atom. The smallest absolute Gasteiger partial charge is 0.253 e. The highest BCUT2D eigenvalue weighted by Gasteiger charge is 2.23. The van der Waals surface area contributed by atoms with Crippen molar-refractivity contribution in [2.24, 2.45) is 0 Å². The van der Waals surface area contributed by atoms with Gasteiger partial charge in [-0.15, -0.1) is 10.2 Å². The minimum absolute atomic E-state index is 0.0730. The largest absolute Gasteiger partial charge is 0.365 e. The standard InChI is InChI=1S/C22H22FN5O/c23-19-8-6-18(7-9-19)22(29)28-14-12-27(13-15-28)21-11-10-20(25-26-21)24-16-17-4-2-1-3-5-17/h1-11H,12-16H2,(H,24,25). The van der Waals surface area contributed by atoms with Crippen molar-refractivity contribution in [3.05, 3.63) is 83.7 Å². The van der Waals surface area contributed by atoms with Crippen molar-refractivity contribution in [3.63, 3.8) is 0 Å². The van der Waals surface area contributed by atoms with Gasteiger partial charge in [-0.25, -0.2) is 4.39 Å². The number of aromatic nitrogens is 2. The zero-order valence-electron chi connectivity index (χ0n) is 16.0. The third-order valence-corrected chi connectivity index (χ3v) is 4.95. The van der Waals surface area contributed by atoms with Gasteiger partial charge >= 0.3 is 0 Å². The summed E-state index contributed by atoms with van der Waals surface area (Å²) in [4.78, 5) is 16.4. The fourth-order valence-corrected chi connectivity index (χ4v) is 3.29. The molecule has 1 aliphatic rings. The van der Waals surface area contributed by atoms with E-state index >= 15 is 0 Å². The van der Waals surface area contributed by atoms with Gasteiger partial charge in [-0.2, -0.15) is 0 Å². The molecule has 7 heteroatoms. The fraction of sp³-hybridized carbons (Fsp3) is 0.227. The number of benzene rings is 2. The van der Waals surface area contributed by atoms with E-state index in [0.717, 1.165) is 11.6 Å². The summed E-state index contributed by atoms with van der Waals surface area (Å²) in [6.07, 6.45) is 0. The molecule has 0 radical (unpaired) electrons. The van der Waals surface area contributed by atoms with Gasteiger partial charge in [0.25, 0.3) is 5.91 Å². The van der Waals surface area contributed by atoms with Gasteiger partial charge in [0.15, 0.2) is 5.82 Å². The minimum Gasteiger partial charge on any atom is -0.365 e. The average Bonchev–Trinajstić information content (AvgIpc) is 2.79. The topological polar surface area (TPSA) is 61.4 Å². The maximum Gasteiger partial charge on any atom is 0.253 e. The molecule has 29 heavy (non-hydrogen) atoms. The first-order valence-electron chi connectivity index (χ1n) is 9.60. The van der Waals surface area contributed by atoms with Crippen molar-refractivity contribution < 1.29 is 9.18 Å². The van der Waals surface area contributed by atoms with E-state index in [-0.39, 0.29) is 11.7 Å². The third-order valence-electron chi connectivity index (χ3n) is 4.95. The number of rotatable bonds is 5. The van der Waals surface area contributed by atoms with E-state index < -0.39 is 0 Å². The molecule has 1 saturated heterocycles. The zero-order chi connectivity index (χ0) is 20.1. The van der Waals surface area contributed by atoms with Crippen molar-refractivity contribution in [1.29, 1.82) is 0 Å². The van der Waals surface area contributed by atoms with E-state index in [0.29, 0.717) is 38.3 Å². The molecule has 0 saturated carbocycles. The van der Waals surface area contributed by atoms with Crippen LogP contribution in [0.25, 0.3) is 0 Å². The lowest BCUT2D eigenvalue weighted by Crippen LogP contribution is -2.49. The quantitative estimate of drug-likeness (QED) is 0.724. The van der Waals surface area contributed by atoms with Gasteiger partial charge in [0.2, 0.25) is 0 Å². The van der Waals surface area contributed by atoms with Crippen LogP contribution >= 0.6 is 0 Å². The Morgan fingerprint density at radius 3 is 2.28 bits per heavy atom. The number of piperazine rings is 1. The highest BCUT2D eigenvalue weighted by atomic mass is 19.1. The molecule has 6 nitrogen and oxygen atoms in total. The summed E-state index contributed by atoms with van der Waals surface area (Å²) >= 11 is 0. The number of anilines is 2. The molecule has 3 aromatic rings. The second-order valence-corrected chi connectivity index (χ2v) is 6.90. The Morgan fingerprint density at radius 1 is 0.897 bits per heavy atom. The fourth-order valence-electron chi connectivity index (χ4n) is 3.29. The lowest BCUT2D eigenvalue weighted by Gasteiger charge is -2.35. The predicted octanol–water partition coefficient (Wildman–Crippen LogP) is 3.19. The lowest BCUT2D eigenvalue weighted by atomic mass is 10.2. The highest BCUT2D eigenvalue weighted by molar-refractivity contribution is 5.94. The summed E-state index contributed by atoms with van der Waals surface area (Å²) < 4.78 is 13.0. The maximum absolute atomic E-state index is 13.0. The van der Waals surface area contributed by atoms with E-state index in [2.05, 4.69) is 32.5 Å². The van der Waals surface area contributed by atoms with E-state index in [9.17, 15) is 9.18 Å². The van der Waals surface area contributed by atoms with Crippen LogP contribution in [0.4, 0.5) is 16.0 Å². The minimum atomic E-state index is -0.341. The SMILES string of the molecule is O=C(c1ccc(F)cc1)N1CCN(c2ccc(NCc3ccccc3)nn2)CC1. The number of hydrogen-bond acceptors (Lipinski definition) is 5. The van der Waals surface area contributed by atoms with Crippen molar-refractivity contribution in [2.75, 3.05) is 36.4 Å². The van der Waals surface area contributed by atoms with Crippen LogP contribution in [-0.4, -0.2) is 47.2 Å². The Hall–Kier alpha value is -3.48. The molecule has 1 amide bonds. The van der Waals surface area contributed by atoms with E-state index in [1.807, 2.05) is 30.3 Å². The molecule has 2 heterocycles. The second-order valence-electron chi connectivity index (χ2n) is 6.90. The molecule has 0 bridgehead atoms. The summed E-state index contributed by atoms with van der Waals surface area (Å²) in [6, 6.07) is 19.7. The van der Waals surface area contributed by atoms with Crippen molar-refractivity contribution >= 4 is 17.5 Å². The summed E-state index contributed by atoms with van der Waals surface area (Å²) in [5.74, 6) is 1.11. The molecule has 0 aliphatic carbocycles. The van der Waals surface area contributed by atoms with Gasteiger partial charge in [-0.3, -0.25) is 4.79 Å². The summed E-state index contributed by atoms with van der Waals surface area (Å²) in [5, 5.41) is 11.8. The Kier molecular flexibility index (Phi) is 5.65. The lowest BCUT2D eigenvalue weighted by molar-refractivity contribution is 0.0746. The van der Waals surface area contributed by atoms with Gasteiger partial charge in [0, 0.05) is 38.3 Å². The predicted molar refractivity (Wildman–Crippen MR) is 110 cm³/mol. The molecule has 148 valence electrons. The van der Waals surface area contributed by atoms with Gasteiger partial charge in [0.1, 0.15) is 11.6 Å². The molecule has 1 fully saturated rings. The molecule has 0 unspecified atom stereocenters. The van der Waals surface area contributed by atoms with Crippen molar-refractivity contribution in [2.45, 2.75) is 6.54 Å². The molecule has 1 N–H and O–H groups in total. The van der Waals surface area contributed by atoms with E-state index in [1.165, 1.54) is 29.8 Å². The Bertz CT molecular complexity index is 939. The highest BCUT2D eigenvalue weighted by Crippen LogP contribution is 2.16. The molecular weight excluding hydrogens is 369 g/mol. The van der Waals surface area contributed by atoms with Crippen LogP contribution in [0.3, 0.4) is 0 Å². The molecule has 1 aliphatic heterocycles. The van der Waals surface area contributed by atoms with Gasteiger partial charge in [-0.05, 0) is 42.0 Å². The molecule has 0 atom stereocenters. The summed E-state index contributed by atoms with van der Waals surface area (Å²) in [5.41, 5.74) is 1.69.